The second-order valence-corrected chi connectivity index (χ2v) is 2.96. The molecule has 0 atom stereocenters. The summed E-state index contributed by atoms with van der Waals surface area (Å²) in [7, 11) is 0. The molecule has 0 radical (unpaired) electrons. The van der Waals surface area contributed by atoms with E-state index in [4.69, 9.17) is 5.26 Å². The molecular formula is C11H8N2. The molecule has 62 valence electrons. The Bertz CT molecular complexity index is 495. The zero-order valence-corrected chi connectivity index (χ0v) is 7.28. The molecule has 2 aromatic rings. The van der Waals surface area contributed by atoms with Gasteiger partial charge in [-0.05, 0) is 24.6 Å². The molecule has 0 saturated heterocycles. The fraction of sp³-hybridized carbons (Fsp3) is 0.0909. The summed E-state index contributed by atoms with van der Waals surface area (Å²) in [5.41, 5.74) is 1.87. The predicted octanol–water partition coefficient (Wildman–Crippen LogP) is 2.41. The second-order valence-electron chi connectivity index (χ2n) is 2.96. The summed E-state index contributed by atoms with van der Waals surface area (Å²) in [5.74, 6) is 0. The molecule has 0 spiro atoms. The highest BCUT2D eigenvalue weighted by molar-refractivity contribution is 5.89. The van der Waals surface area contributed by atoms with Crippen molar-refractivity contribution in [1.29, 1.82) is 5.26 Å². The van der Waals surface area contributed by atoms with E-state index in [-0.39, 0.29) is 0 Å². The van der Waals surface area contributed by atoms with Crippen LogP contribution in [0.25, 0.3) is 10.8 Å². The number of fused-ring (bicyclic) bond motifs is 1. The highest BCUT2D eigenvalue weighted by Gasteiger charge is 2.01. The van der Waals surface area contributed by atoms with E-state index in [1.165, 1.54) is 0 Å². The standard InChI is InChI=1S/C11H8N2/c1-8-2-3-9(6-12)10-4-5-13-7-11(8)10/h2-5,7H,1H3. The van der Waals surface area contributed by atoms with Gasteiger partial charge in [-0.2, -0.15) is 5.26 Å². The van der Waals surface area contributed by atoms with Gasteiger partial charge in [0.25, 0.3) is 0 Å². The van der Waals surface area contributed by atoms with Gasteiger partial charge in [-0.15, -0.1) is 0 Å². The van der Waals surface area contributed by atoms with E-state index in [2.05, 4.69) is 11.1 Å². The number of aromatic nitrogens is 1. The lowest BCUT2D eigenvalue weighted by Gasteiger charge is -2.01. The van der Waals surface area contributed by atoms with Crippen LogP contribution in [-0.2, 0) is 0 Å². The first-order valence-corrected chi connectivity index (χ1v) is 4.06. The predicted molar refractivity (Wildman–Crippen MR) is 51.2 cm³/mol. The lowest BCUT2D eigenvalue weighted by atomic mass is 10.0. The van der Waals surface area contributed by atoms with Gasteiger partial charge in [-0.3, -0.25) is 4.98 Å². The summed E-state index contributed by atoms with van der Waals surface area (Å²) in [4.78, 5) is 4.04. The van der Waals surface area contributed by atoms with Gasteiger partial charge in [-0.25, -0.2) is 0 Å². The van der Waals surface area contributed by atoms with Crippen LogP contribution in [0.4, 0.5) is 0 Å². The third kappa shape index (κ3) is 1.15. The molecule has 0 N–H and O–H groups in total. The molecule has 0 saturated carbocycles. The molecule has 2 rings (SSSR count). The third-order valence-corrected chi connectivity index (χ3v) is 2.16. The molecule has 13 heavy (non-hydrogen) atoms. The Morgan fingerprint density at radius 2 is 2.08 bits per heavy atom. The number of hydrogen-bond donors (Lipinski definition) is 0. The van der Waals surface area contributed by atoms with Crippen LogP contribution < -0.4 is 0 Å². The first-order valence-electron chi connectivity index (χ1n) is 4.06. The van der Waals surface area contributed by atoms with Crippen molar-refractivity contribution in [3.8, 4) is 6.07 Å². The van der Waals surface area contributed by atoms with Gasteiger partial charge in [-0.1, -0.05) is 6.07 Å². The molecule has 0 unspecified atom stereocenters. The molecule has 0 bridgehead atoms. The highest BCUT2D eigenvalue weighted by Crippen LogP contribution is 2.20. The smallest absolute Gasteiger partial charge is 0.0998 e. The van der Waals surface area contributed by atoms with E-state index < -0.39 is 0 Å². The van der Waals surface area contributed by atoms with Crippen molar-refractivity contribution in [1.82, 2.24) is 4.98 Å². The van der Waals surface area contributed by atoms with Gasteiger partial charge in [0.15, 0.2) is 0 Å². The molecule has 1 aromatic heterocycles. The number of pyridine rings is 1. The summed E-state index contributed by atoms with van der Waals surface area (Å²) >= 11 is 0. The maximum Gasteiger partial charge on any atom is 0.0998 e. The van der Waals surface area contributed by atoms with Gasteiger partial charge >= 0.3 is 0 Å². The van der Waals surface area contributed by atoms with Crippen molar-refractivity contribution in [3.63, 3.8) is 0 Å². The summed E-state index contributed by atoms with van der Waals surface area (Å²) in [6, 6.07) is 7.84. The molecule has 0 fully saturated rings. The second kappa shape index (κ2) is 2.87. The molecule has 0 amide bonds. The van der Waals surface area contributed by atoms with Crippen molar-refractivity contribution in [3.05, 3.63) is 41.7 Å². The molecule has 2 heteroatoms. The average Bonchev–Trinajstić information content (AvgIpc) is 2.19. The van der Waals surface area contributed by atoms with Crippen LogP contribution in [0, 0.1) is 18.3 Å². The Kier molecular flexibility index (Phi) is 1.71. The molecule has 0 aliphatic rings. The maximum absolute atomic E-state index is 8.86. The number of aryl methyl sites for hydroxylation is 1. The van der Waals surface area contributed by atoms with E-state index in [9.17, 15) is 0 Å². The Morgan fingerprint density at radius 3 is 2.85 bits per heavy atom. The van der Waals surface area contributed by atoms with E-state index in [0.717, 1.165) is 16.3 Å². The summed E-state index contributed by atoms with van der Waals surface area (Å²) in [6.45, 7) is 2.02. The van der Waals surface area contributed by atoms with Crippen molar-refractivity contribution in [2.75, 3.05) is 0 Å². The van der Waals surface area contributed by atoms with Crippen LogP contribution in [0.15, 0.2) is 30.6 Å². The fourth-order valence-electron chi connectivity index (χ4n) is 1.43. The minimum Gasteiger partial charge on any atom is -0.264 e. The Morgan fingerprint density at radius 1 is 1.23 bits per heavy atom. The van der Waals surface area contributed by atoms with Crippen LogP contribution in [0.3, 0.4) is 0 Å². The first-order chi connectivity index (χ1) is 6.33. The summed E-state index contributed by atoms with van der Waals surface area (Å²) in [6.07, 6.45) is 3.51. The monoisotopic (exact) mass is 168 g/mol. The summed E-state index contributed by atoms with van der Waals surface area (Å²) < 4.78 is 0. The molecular weight excluding hydrogens is 160 g/mol. The highest BCUT2D eigenvalue weighted by atomic mass is 14.6. The Balaban J connectivity index is 2.95. The van der Waals surface area contributed by atoms with Crippen molar-refractivity contribution < 1.29 is 0 Å². The zero-order chi connectivity index (χ0) is 9.26. The third-order valence-electron chi connectivity index (χ3n) is 2.16. The number of nitriles is 1. The number of benzene rings is 1. The van der Waals surface area contributed by atoms with Gasteiger partial charge in [0.1, 0.15) is 0 Å². The Labute approximate surface area is 76.5 Å². The quantitative estimate of drug-likeness (QED) is 0.605. The van der Waals surface area contributed by atoms with E-state index in [0.29, 0.717) is 5.56 Å². The van der Waals surface area contributed by atoms with Crippen LogP contribution in [0.1, 0.15) is 11.1 Å². The molecule has 0 aliphatic heterocycles. The SMILES string of the molecule is Cc1ccc(C#N)c2ccncc12. The van der Waals surface area contributed by atoms with Crippen molar-refractivity contribution in [2.45, 2.75) is 6.92 Å². The minimum absolute atomic E-state index is 0.711. The van der Waals surface area contributed by atoms with Crippen molar-refractivity contribution in [2.24, 2.45) is 0 Å². The van der Waals surface area contributed by atoms with Crippen LogP contribution in [-0.4, -0.2) is 4.98 Å². The van der Waals surface area contributed by atoms with Gasteiger partial charge in [0, 0.05) is 23.2 Å². The number of hydrogen-bond acceptors (Lipinski definition) is 2. The van der Waals surface area contributed by atoms with Gasteiger partial charge in [0.05, 0.1) is 11.6 Å². The largest absolute Gasteiger partial charge is 0.264 e. The average molecular weight is 168 g/mol. The van der Waals surface area contributed by atoms with Crippen LogP contribution >= 0.6 is 0 Å². The Hall–Kier alpha value is -1.88. The lowest BCUT2D eigenvalue weighted by Crippen LogP contribution is -1.84. The minimum atomic E-state index is 0.711. The number of rotatable bonds is 0. The van der Waals surface area contributed by atoms with Gasteiger partial charge < -0.3 is 0 Å². The lowest BCUT2D eigenvalue weighted by molar-refractivity contribution is 1.35. The van der Waals surface area contributed by atoms with E-state index in [1.54, 1.807) is 12.4 Å². The number of nitrogens with zero attached hydrogens (tertiary/aromatic N) is 2. The maximum atomic E-state index is 8.86. The molecule has 0 aliphatic carbocycles. The fourth-order valence-corrected chi connectivity index (χ4v) is 1.43. The molecule has 1 heterocycles. The van der Waals surface area contributed by atoms with Crippen LogP contribution in [0.5, 0.6) is 0 Å². The topological polar surface area (TPSA) is 36.7 Å². The summed E-state index contributed by atoms with van der Waals surface area (Å²) in [5, 5.41) is 10.9. The van der Waals surface area contributed by atoms with E-state index >= 15 is 0 Å². The van der Waals surface area contributed by atoms with E-state index in [1.807, 2.05) is 25.1 Å². The first kappa shape index (κ1) is 7.75. The molecule has 2 nitrogen and oxygen atoms in total. The zero-order valence-electron chi connectivity index (χ0n) is 7.28. The normalized spacial score (nSPS) is 9.85. The van der Waals surface area contributed by atoms with Crippen molar-refractivity contribution >= 4 is 10.8 Å². The van der Waals surface area contributed by atoms with Gasteiger partial charge in [0.2, 0.25) is 0 Å². The van der Waals surface area contributed by atoms with Crippen LogP contribution in [0.2, 0.25) is 0 Å². The molecule has 1 aromatic carbocycles.